The van der Waals surface area contributed by atoms with Crippen molar-refractivity contribution >= 4 is 6.01 Å². The van der Waals surface area contributed by atoms with Gasteiger partial charge < -0.3 is 15.1 Å². The average Bonchev–Trinajstić information content (AvgIpc) is 2.86. The minimum Gasteiger partial charge on any atom is -0.407 e. The normalized spacial score (nSPS) is 11.6. The smallest absolute Gasteiger partial charge is 0.315 e. The molecule has 0 spiro atoms. The van der Waals surface area contributed by atoms with Crippen molar-refractivity contribution in [1.29, 1.82) is 0 Å². The van der Waals surface area contributed by atoms with Gasteiger partial charge in [-0.1, -0.05) is 23.3 Å². The van der Waals surface area contributed by atoms with Crippen LogP contribution in [0.15, 0.2) is 28.7 Å². The lowest BCUT2D eigenvalue weighted by Gasteiger charge is -2.18. The third kappa shape index (κ3) is 5.15. The fourth-order valence-electron chi connectivity index (χ4n) is 1.74. The lowest BCUT2D eigenvalue weighted by Crippen LogP contribution is -2.35. The van der Waals surface area contributed by atoms with Gasteiger partial charge in [-0.25, -0.2) is 4.39 Å². The molecule has 5 nitrogen and oxygen atoms in total. The summed E-state index contributed by atoms with van der Waals surface area (Å²) in [4.78, 5) is 0. The van der Waals surface area contributed by atoms with Gasteiger partial charge in [-0.15, -0.1) is 5.10 Å². The first-order valence-electron chi connectivity index (χ1n) is 6.99. The molecule has 1 heterocycles. The van der Waals surface area contributed by atoms with Crippen molar-refractivity contribution < 1.29 is 8.81 Å². The zero-order chi connectivity index (χ0) is 15.3. The van der Waals surface area contributed by atoms with Crippen LogP contribution in [0.3, 0.4) is 0 Å². The van der Waals surface area contributed by atoms with Crippen molar-refractivity contribution in [3.8, 4) is 0 Å². The summed E-state index contributed by atoms with van der Waals surface area (Å²) in [5.74, 6) is 0.332. The van der Waals surface area contributed by atoms with Crippen molar-refractivity contribution in [1.82, 2.24) is 15.5 Å². The molecule has 21 heavy (non-hydrogen) atoms. The largest absolute Gasteiger partial charge is 0.407 e. The van der Waals surface area contributed by atoms with E-state index in [1.807, 2.05) is 6.07 Å². The predicted octanol–water partition coefficient (Wildman–Crippen LogP) is 2.75. The van der Waals surface area contributed by atoms with Gasteiger partial charge in [-0.05, 0) is 38.8 Å². The predicted molar refractivity (Wildman–Crippen MR) is 79.5 cm³/mol. The first kappa shape index (κ1) is 15.4. The van der Waals surface area contributed by atoms with E-state index in [2.05, 4.69) is 41.6 Å². The first-order valence-corrected chi connectivity index (χ1v) is 6.99. The molecule has 2 rings (SSSR count). The number of benzene rings is 1. The maximum Gasteiger partial charge on any atom is 0.315 e. The van der Waals surface area contributed by atoms with E-state index in [0.717, 1.165) is 0 Å². The summed E-state index contributed by atoms with van der Waals surface area (Å²) < 4.78 is 18.9. The highest BCUT2D eigenvalue weighted by atomic mass is 19.1. The molecule has 1 aromatic heterocycles. The molecular formula is C15H21FN4O. The Morgan fingerprint density at radius 1 is 1.19 bits per heavy atom. The van der Waals surface area contributed by atoms with E-state index in [1.54, 1.807) is 12.1 Å². The summed E-state index contributed by atoms with van der Waals surface area (Å²) in [7, 11) is 0. The minimum atomic E-state index is -0.195. The van der Waals surface area contributed by atoms with Crippen LogP contribution in [0.25, 0.3) is 0 Å². The number of nitrogens with one attached hydrogen (secondary N) is 2. The Kier molecular flexibility index (Phi) is 4.90. The molecule has 114 valence electrons. The van der Waals surface area contributed by atoms with Crippen LogP contribution in [-0.2, 0) is 13.0 Å². The Balaban J connectivity index is 1.79. The summed E-state index contributed by atoms with van der Waals surface area (Å²) in [6.07, 6.45) is 0.560. The Hall–Kier alpha value is -1.95. The topological polar surface area (TPSA) is 63.0 Å². The molecule has 0 saturated heterocycles. The second-order valence-electron chi connectivity index (χ2n) is 5.87. The van der Waals surface area contributed by atoms with E-state index < -0.39 is 0 Å². The van der Waals surface area contributed by atoms with Gasteiger partial charge in [-0.3, -0.25) is 0 Å². The van der Waals surface area contributed by atoms with Crippen molar-refractivity contribution in [2.24, 2.45) is 0 Å². The number of nitrogens with zero attached hydrogens (tertiary/aromatic N) is 2. The fraction of sp³-hybridized carbons (Fsp3) is 0.467. The maximum absolute atomic E-state index is 13.4. The lowest BCUT2D eigenvalue weighted by molar-refractivity contribution is 0.383. The molecule has 6 heteroatoms. The molecular weight excluding hydrogens is 271 g/mol. The third-order valence-corrected chi connectivity index (χ3v) is 2.87. The zero-order valence-electron chi connectivity index (χ0n) is 12.6. The standard InChI is InChI=1S/C15H21FN4O/c1-15(2,3)18-10-13-19-20-14(21-13)17-9-8-11-6-4-5-7-12(11)16/h4-7,18H,8-10H2,1-3H3,(H,17,20). The Morgan fingerprint density at radius 3 is 2.67 bits per heavy atom. The highest BCUT2D eigenvalue weighted by Gasteiger charge is 2.12. The molecule has 0 saturated carbocycles. The van der Waals surface area contributed by atoms with E-state index in [1.165, 1.54) is 6.07 Å². The molecule has 2 N–H and O–H groups in total. The zero-order valence-corrected chi connectivity index (χ0v) is 12.6. The molecule has 1 aromatic carbocycles. The third-order valence-electron chi connectivity index (χ3n) is 2.87. The molecule has 0 aliphatic heterocycles. The highest BCUT2D eigenvalue weighted by Crippen LogP contribution is 2.10. The maximum atomic E-state index is 13.4. The quantitative estimate of drug-likeness (QED) is 0.857. The number of hydrogen-bond acceptors (Lipinski definition) is 5. The highest BCUT2D eigenvalue weighted by molar-refractivity contribution is 5.21. The summed E-state index contributed by atoms with van der Waals surface area (Å²) >= 11 is 0. The van der Waals surface area contributed by atoms with Gasteiger partial charge in [0.1, 0.15) is 5.82 Å². The summed E-state index contributed by atoms with van der Waals surface area (Å²) in [6, 6.07) is 7.08. The molecule has 0 aliphatic carbocycles. The lowest BCUT2D eigenvalue weighted by atomic mass is 10.1. The molecule has 0 atom stereocenters. The van der Waals surface area contributed by atoms with Crippen LogP contribution in [0.5, 0.6) is 0 Å². The SMILES string of the molecule is CC(C)(C)NCc1nnc(NCCc2ccccc2F)o1. The molecule has 0 bridgehead atoms. The Labute approximate surface area is 124 Å². The van der Waals surface area contributed by atoms with Crippen LogP contribution >= 0.6 is 0 Å². The van der Waals surface area contributed by atoms with Gasteiger partial charge in [0.15, 0.2) is 0 Å². The van der Waals surface area contributed by atoms with Crippen LogP contribution in [-0.4, -0.2) is 22.3 Å². The monoisotopic (exact) mass is 292 g/mol. The molecule has 0 unspecified atom stereocenters. The number of rotatable bonds is 6. The van der Waals surface area contributed by atoms with E-state index in [4.69, 9.17) is 4.42 Å². The summed E-state index contributed by atoms with van der Waals surface area (Å²) in [6.45, 7) is 7.26. The molecule has 0 aliphatic rings. The first-order chi connectivity index (χ1) is 9.94. The summed E-state index contributed by atoms with van der Waals surface area (Å²) in [5, 5.41) is 14.1. The van der Waals surface area contributed by atoms with Crippen molar-refractivity contribution in [3.05, 3.63) is 41.5 Å². The van der Waals surface area contributed by atoms with Crippen molar-refractivity contribution in [2.45, 2.75) is 39.3 Å². The van der Waals surface area contributed by atoms with Crippen LogP contribution in [0.2, 0.25) is 0 Å². The average molecular weight is 292 g/mol. The fourth-order valence-corrected chi connectivity index (χ4v) is 1.74. The van der Waals surface area contributed by atoms with E-state index in [9.17, 15) is 4.39 Å². The van der Waals surface area contributed by atoms with Crippen molar-refractivity contribution in [2.75, 3.05) is 11.9 Å². The van der Waals surface area contributed by atoms with Crippen LogP contribution in [0.4, 0.5) is 10.4 Å². The molecule has 0 amide bonds. The van der Waals surface area contributed by atoms with Gasteiger partial charge in [0.05, 0.1) is 6.54 Å². The molecule has 0 radical (unpaired) electrons. The van der Waals surface area contributed by atoms with Crippen LogP contribution < -0.4 is 10.6 Å². The van der Waals surface area contributed by atoms with Crippen LogP contribution in [0.1, 0.15) is 32.2 Å². The Bertz CT molecular complexity index is 577. The number of aromatic nitrogens is 2. The van der Waals surface area contributed by atoms with E-state index in [0.29, 0.717) is 37.0 Å². The number of hydrogen-bond donors (Lipinski definition) is 2. The van der Waals surface area contributed by atoms with Gasteiger partial charge >= 0.3 is 6.01 Å². The second kappa shape index (κ2) is 6.67. The van der Waals surface area contributed by atoms with Crippen LogP contribution in [0, 0.1) is 5.82 Å². The second-order valence-corrected chi connectivity index (χ2v) is 5.87. The summed E-state index contributed by atoms with van der Waals surface area (Å²) in [5.41, 5.74) is 0.659. The van der Waals surface area contributed by atoms with E-state index >= 15 is 0 Å². The molecule has 0 fully saturated rings. The van der Waals surface area contributed by atoms with E-state index in [-0.39, 0.29) is 11.4 Å². The van der Waals surface area contributed by atoms with Crippen molar-refractivity contribution in [3.63, 3.8) is 0 Å². The van der Waals surface area contributed by atoms with Gasteiger partial charge in [-0.2, -0.15) is 0 Å². The van der Waals surface area contributed by atoms with Gasteiger partial charge in [0.2, 0.25) is 5.89 Å². The molecule has 2 aromatic rings. The Morgan fingerprint density at radius 2 is 1.95 bits per heavy atom. The van der Waals surface area contributed by atoms with Gasteiger partial charge in [0.25, 0.3) is 0 Å². The number of halogens is 1. The minimum absolute atomic E-state index is 0.00705. The van der Waals surface area contributed by atoms with Gasteiger partial charge in [0, 0.05) is 12.1 Å². The number of anilines is 1.